The van der Waals surface area contributed by atoms with Gasteiger partial charge in [0.15, 0.2) is 0 Å². The van der Waals surface area contributed by atoms with Crippen LogP contribution in [-0.2, 0) is 9.53 Å². The molecule has 0 saturated heterocycles. The molecule has 1 saturated carbocycles. The van der Waals surface area contributed by atoms with Crippen LogP contribution in [0.4, 0.5) is 0 Å². The summed E-state index contributed by atoms with van der Waals surface area (Å²) in [6.45, 7) is 16.0. The molecule has 0 aromatic carbocycles. The number of aliphatic hydroxyl groups is 1. The second kappa shape index (κ2) is 9.81. The third-order valence-electron chi connectivity index (χ3n) is 8.25. The fourth-order valence-electron chi connectivity index (χ4n) is 5.83. The Bertz CT molecular complexity index is 630. The maximum Gasteiger partial charge on any atom is 0.306 e. The highest BCUT2D eigenvalue weighted by atomic mass is 16.5. The van der Waals surface area contributed by atoms with Crippen LogP contribution in [0.3, 0.4) is 0 Å². The van der Waals surface area contributed by atoms with Gasteiger partial charge in [0.1, 0.15) is 6.61 Å². The number of allylic oxidation sites excluding steroid dienone is 3. The van der Waals surface area contributed by atoms with Gasteiger partial charge in [0.25, 0.3) is 0 Å². The van der Waals surface area contributed by atoms with Gasteiger partial charge in [-0.05, 0) is 80.6 Å². The minimum Gasteiger partial charge on any atom is -0.461 e. The highest BCUT2D eigenvalue weighted by Crippen LogP contribution is 2.60. The van der Waals surface area contributed by atoms with Crippen LogP contribution in [0, 0.1) is 28.6 Å². The van der Waals surface area contributed by atoms with Crippen LogP contribution in [0.5, 0.6) is 0 Å². The largest absolute Gasteiger partial charge is 0.461 e. The second-order valence-electron chi connectivity index (χ2n) is 10.7. The van der Waals surface area contributed by atoms with Crippen molar-refractivity contribution >= 4 is 5.97 Å². The van der Waals surface area contributed by atoms with Gasteiger partial charge in [0.05, 0.1) is 6.10 Å². The SMILES string of the molecule is CC[C@H](C)CC(=O)OC/C=C(\C)CC[C@@H]1C(C)=CC[C@@H]2C(C)(C)[C@@H](O)CC[C@@]12C. The first-order valence-electron chi connectivity index (χ1n) is 11.7. The maximum atomic E-state index is 11.8. The molecule has 3 heteroatoms. The number of fused-ring (bicyclic) bond motifs is 1. The molecule has 1 N–H and O–H groups in total. The fourth-order valence-corrected chi connectivity index (χ4v) is 5.83. The number of aliphatic hydroxyl groups excluding tert-OH is 1. The van der Waals surface area contributed by atoms with Gasteiger partial charge in [0, 0.05) is 6.42 Å². The van der Waals surface area contributed by atoms with E-state index in [1.54, 1.807) is 0 Å². The van der Waals surface area contributed by atoms with E-state index in [2.05, 4.69) is 60.6 Å². The van der Waals surface area contributed by atoms with Crippen molar-refractivity contribution in [1.29, 1.82) is 0 Å². The topological polar surface area (TPSA) is 46.5 Å². The van der Waals surface area contributed by atoms with Crippen LogP contribution in [0.1, 0.15) is 93.4 Å². The van der Waals surface area contributed by atoms with Crippen molar-refractivity contribution in [2.24, 2.45) is 28.6 Å². The normalized spacial score (nSPS) is 32.9. The van der Waals surface area contributed by atoms with Crippen molar-refractivity contribution in [3.8, 4) is 0 Å². The molecule has 0 aromatic heterocycles. The van der Waals surface area contributed by atoms with Gasteiger partial charge >= 0.3 is 5.97 Å². The zero-order valence-corrected chi connectivity index (χ0v) is 19.9. The second-order valence-corrected chi connectivity index (χ2v) is 10.7. The smallest absolute Gasteiger partial charge is 0.306 e. The van der Waals surface area contributed by atoms with E-state index in [1.165, 1.54) is 11.1 Å². The van der Waals surface area contributed by atoms with Crippen LogP contribution in [0.25, 0.3) is 0 Å². The Kier molecular flexibility index (Phi) is 8.18. The number of carbonyl (C=O) groups excluding carboxylic acids is 1. The van der Waals surface area contributed by atoms with Crippen molar-refractivity contribution in [2.45, 2.75) is 99.5 Å². The van der Waals surface area contributed by atoms with E-state index in [1.807, 2.05) is 0 Å². The molecule has 0 heterocycles. The Morgan fingerprint density at radius 1 is 1.38 bits per heavy atom. The quantitative estimate of drug-likeness (QED) is 0.373. The third-order valence-corrected chi connectivity index (χ3v) is 8.25. The number of rotatable bonds is 8. The van der Waals surface area contributed by atoms with E-state index in [4.69, 9.17) is 4.74 Å². The van der Waals surface area contributed by atoms with E-state index >= 15 is 0 Å². The van der Waals surface area contributed by atoms with Crippen LogP contribution in [0.15, 0.2) is 23.3 Å². The minimum atomic E-state index is -0.195. The van der Waals surface area contributed by atoms with E-state index in [0.29, 0.717) is 30.8 Å². The zero-order valence-electron chi connectivity index (χ0n) is 19.9. The van der Waals surface area contributed by atoms with Gasteiger partial charge in [-0.1, -0.05) is 58.3 Å². The average molecular weight is 405 g/mol. The first-order valence-corrected chi connectivity index (χ1v) is 11.7. The molecule has 2 aliphatic rings. The zero-order chi connectivity index (χ0) is 21.8. The Hall–Kier alpha value is -1.09. The Balaban J connectivity index is 1.95. The summed E-state index contributed by atoms with van der Waals surface area (Å²) in [6, 6.07) is 0. The first kappa shape index (κ1) is 24.2. The number of hydrogen-bond donors (Lipinski definition) is 1. The van der Waals surface area contributed by atoms with Crippen LogP contribution in [0.2, 0.25) is 0 Å². The minimum absolute atomic E-state index is 0.0306. The van der Waals surface area contributed by atoms with Crippen LogP contribution < -0.4 is 0 Å². The monoisotopic (exact) mass is 404 g/mol. The summed E-state index contributed by atoms with van der Waals surface area (Å²) in [7, 11) is 0. The van der Waals surface area contributed by atoms with Gasteiger partial charge in [-0.25, -0.2) is 0 Å². The molecule has 0 aliphatic heterocycles. The molecular weight excluding hydrogens is 360 g/mol. The average Bonchev–Trinajstić information content (AvgIpc) is 2.64. The summed E-state index contributed by atoms with van der Waals surface area (Å²) < 4.78 is 5.39. The Labute approximate surface area is 179 Å². The van der Waals surface area contributed by atoms with Gasteiger partial charge in [0.2, 0.25) is 0 Å². The van der Waals surface area contributed by atoms with Crippen LogP contribution in [-0.4, -0.2) is 23.8 Å². The number of hydrogen-bond acceptors (Lipinski definition) is 3. The molecule has 1 fully saturated rings. The summed E-state index contributed by atoms with van der Waals surface area (Å²) >= 11 is 0. The highest BCUT2D eigenvalue weighted by Gasteiger charge is 2.54. The summed E-state index contributed by atoms with van der Waals surface area (Å²) in [5.74, 6) is 1.39. The number of esters is 1. The Morgan fingerprint density at radius 2 is 2.07 bits per heavy atom. The lowest BCUT2D eigenvalue weighted by Gasteiger charge is -2.58. The number of ether oxygens (including phenoxy) is 1. The predicted molar refractivity (Wildman–Crippen MR) is 121 cm³/mol. The molecule has 3 nitrogen and oxygen atoms in total. The van der Waals surface area contributed by atoms with E-state index < -0.39 is 0 Å². The maximum absolute atomic E-state index is 11.8. The van der Waals surface area contributed by atoms with Gasteiger partial charge in [-0.3, -0.25) is 4.79 Å². The molecule has 0 amide bonds. The van der Waals surface area contributed by atoms with E-state index in [-0.39, 0.29) is 22.9 Å². The van der Waals surface area contributed by atoms with Crippen molar-refractivity contribution in [3.63, 3.8) is 0 Å². The lowest BCUT2D eigenvalue weighted by molar-refractivity contribution is -0.143. The highest BCUT2D eigenvalue weighted by molar-refractivity contribution is 5.69. The van der Waals surface area contributed by atoms with Crippen molar-refractivity contribution < 1.29 is 14.6 Å². The number of carbonyl (C=O) groups is 1. The lowest BCUT2D eigenvalue weighted by atomic mass is 9.47. The molecule has 166 valence electrons. The fraction of sp³-hybridized carbons (Fsp3) is 0.808. The molecule has 2 rings (SSSR count). The summed E-state index contributed by atoms with van der Waals surface area (Å²) in [5, 5.41) is 10.6. The summed E-state index contributed by atoms with van der Waals surface area (Å²) in [4.78, 5) is 11.8. The molecule has 29 heavy (non-hydrogen) atoms. The molecule has 0 radical (unpaired) electrons. The van der Waals surface area contributed by atoms with Crippen molar-refractivity contribution in [1.82, 2.24) is 0 Å². The molecule has 0 spiro atoms. The molecule has 0 aromatic rings. The molecule has 2 aliphatic carbocycles. The molecular formula is C26H44O3. The van der Waals surface area contributed by atoms with Gasteiger partial charge in [-0.2, -0.15) is 0 Å². The third kappa shape index (κ3) is 5.54. The molecule has 5 atom stereocenters. The first-order chi connectivity index (χ1) is 13.5. The molecule has 0 unspecified atom stereocenters. The van der Waals surface area contributed by atoms with Gasteiger partial charge in [-0.15, -0.1) is 0 Å². The lowest BCUT2D eigenvalue weighted by Crippen LogP contribution is -2.54. The van der Waals surface area contributed by atoms with E-state index in [9.17, 15) is 9.90 Å². The standard InChI is InChI=1S/C26H44O3/c1-8-18(2)17-24(28)29-16-14-19(3)9-11-21-20(4)10-12-22-25(5,6)23(27)13-15-26(21,22)7/h10,14,18,21-23,27H,8-9,11-13,15-17H2,1-7H3/b19-14+/t18-,21+,22+,23-,26-/m0/s1. The predicted octanol–water partition coefficient (Wildman–Crippen LogP) is 6.46. The van der Waals surface area contributed by atoms with Crippen molar-refractivity contribution in [3.05, 3.63) is 23.3 Å². The van der Waals surface area contributed by atoms with Crippen molar-refractivity contribution in [2.75, 3.05) is 6.61 Å². The Morgan fingerprint density at radius 3 is 2.72 bits per heavy atom. The van der Waals surface area contributed by atoms with Gasteiger partial charge < -0.3 is 9.84 Å². The molecule has 0 bridgehead atoms. The van der Waals surface area contributed by atoms with E-state index in [0.717, 1.165) is 38.5 Å². The summed E-state index contributed by atoms with van der Waals surface area (Å²) in [6.07, 6.45) is 11.1. The van der Waals surface area contributed by atoms with Crippen LogP contribution >= 0.6 is 0 Å². The summed E-state index contributed by atoms with van der Waals surface area (Å²) in [5.41, 5.74) is 3.04.